The van der Waals surface area contributed by atoms with Crippen LogP contribution in [0.1, 0.15) is 32.8 Å². The molecular formula is C23H26N2O4S. The Morgan fingerprint density at radius 3 is 2.83 bits per heavy atom. The second-order valence-corrected chi connectivity index (χ2v) is 8.94. The van der Waals surface area contributed by atoms with Gasteiger partial charge < -0.3 is 14.2 Å². The van der Waals surface area contributed by atoms with Crippen molar-refractivity contribution in [2.24, 2.45) is 0 Å². The Morgan fingerprint density at radius 1 is 1.20 bits per heavy atom. The average Bonchev–Trinajstić information content (AvgIpc) is 3.38. The third kappa shape index (κ3) is 3.90. The number of rotatable bonds is 5. The largest absolute Gasteiger partial charge is 0.478 e. The Balaban J connectivity index is 1.31. The Labute approximate surface area is 180 Å². The van der Waals surface area contributed by atoms with Crippen molar-refractivity contribution in [3.63, 3.8) is 0 Å². The van der Waals surface area contributed by atoms with E-state index in [1.54, 1.807) is 11.3 Å². The van der Waals surface area contributed by atoms with Crippen LogP contribution >= 0.6 is 11.3 Å². The summed E-state index contributed by atoms with van der Waals surface area (Å²) in [6.45, 7) is 8.97. The van der Waals surface area contributed by atoms with Gasteiger partial charge in [0, 0.05) is 37.1 Å². The van der Waals surface area contributed by atoms with Crippen LogP contribution in [0.3, 0.4) is 0 Å². The van der Waals surface area contributed by atoms with Crippen LogP contribution in [0.15, 0.2) is 29.3 Å². The molecule has 1 fully saturated rings. The van der Waals surface area contributed by atoms with Gasteiger partial charge in [0.05, 0.1) is 24.3 Å². The van der Waals surface area contributed by atoms with Crippen molar-refractivity contribution in [2.75, 3.05) is 46.1 Å². The summed E-state index contributed by atoms with van der Waals surface area (Å²) in [7, 11) is 0. The molecule has 0 N–H and O–H groups in total. The highest BCUT2D eigenvalue weighted by Crippen LogP contribution is 2.44. The van der Waals surface area contributed by atoms with Crippen LogP contribution in [0.25, 0.3) is 6.08 Å². The molecule has 0 unspecified atom stereocenters. The second-order valence-electron chi connectivity index (χ2n) is 7.96. The summed E-state index contributed by atoms with van der Waals surface area (Å²) in [4.78, 5) is 18.7. The van der Waals surface area contributed by atoms with Crippen LogP contribution in [0.2, 0.25) is 0 Å². The summed E-state index contributed by atoms with van der Waals surface area (Å²) in [5.74, 6) is 1.87. The minimum atomic E-state index is -0.0388. The van der Waals surface area contributed by atoms with E-state index in [1.807, 2.05) is 36.6 Å². The third-order valence-electron chi connectivity index (χ3n) is 5.86. The molecule has 5 rings (SSSR count). The van der Waals surface area contributed by atoms with Crippen LogP contribution in [0.5, 0.6) is 11.5 Å². The van der Waals surface area contributed by atoms with E-state index in [-0.39, 0.29) is 5.78 Å². The monoisotopic (exact) mass is 426 g/mol. The van der Waals surface area contributed by atoms with Crippen molar-refractivity contribution in [1.82, 2.24) is 9.80 Å². The fourth-order valence-electron chi connectivity index (χ4n) is 4.26. The summed E-state index contributed by atoms with van der Waals surface area (Å²) in [6.07, 6.45) is 2.92. The maximum Gasteiger partial charge on any atom is 0.232 e. The van der Waals surface area contributed by atoms with Gasteiger partial charge in [0.1, 0.15) is 18.2 Å². The van der Waals surface area contributed by atoms with Gasteiger partial charge in [0.25, 0.3) is 0 Å². The number of hydrogen-bond donors (Lipinski definition) is 0. The topological polar surface area (TPSA) is 51.2 Å². The molecule has 3 aliphatic heterocycles. The van der Waals surface area contributed by atoms with Gasteiger partial charge in [0.15, 0.2) is 5.76 Å². The van der Waals surface area contributed by atoms with E-state index in [1.165, 1.54) is 0 Å². The van der Waals surface area contributed by atoms with E-state index in [0.29, 0.717) is 23.8 Å². The van der Waals surface area contributed by atoms with E-state index in [2.05, 4.69) is 9.80 Å². The summed E-state index contributed by atoms with van der Waals surface area (Å²) < 4.78 is 17.6. The van der Waals surface area contributed by atoms with Crippen molar-refractivity contribution in [1.29, 1.82) is 0 Å². The van der Waals surface area contributed by atoms with Gasteiger partial charge in [0.2, 0.25) is 5.78 Å². The van der Waals surface area contributed by atoms with Crippen LogP contribution in [0, 0.1) is 6.92 Å². The zero-order valence-electron chi connectivity index (χ0n) is 17.2. The zero-order chi connectivity index (χ0) is 20.5. The summed E-state index contributed by atoms with van der Waals surface area (Å²) >= 11 is 1.59. The number of aryl methyl sites for hydroxylation is 1. The molecule has 158 valence electrons. The lowest BCUT2D eigenvalue weighted by atomic mass is 9.99. The molecule has 0 saturated carbocycles. The molecule has 30 heavy (non-hydrogen) atoms. The minimum Gasteiger partial charge on any atom is -0.478 e. The Kier molecular flexibility index (Phi) is 5.60. The van der Waals surface area contributed by atoms with E-state index in [0.717, 1.165) is 74.1 Å². The van der Waals surface area contributed by atoms with Gasteiger partial charge in [-0.2, -0.15) is 0 Å². The van der Waals surface area contributed by atoms with E-state index in [9.17, 15) is 4.79 Å². The molecule has 4 heterocycles. The van der Waals surface area contributed by atoms with Crippen molar-refractivity contribution >= 4 is 23.2 Å². The van der Waals surface area contributed by atoms with Crippen molar-refractivity contribution in [3.8, 4) is 11.5 Å². The first-order valence-corrected chi connectivity index (χ1v) is 11.4. The van der Waals surface area contributed by atoms with E-state index < -0.39 is 0 Å². The summed E-state index contributed by atoms with van der Waals surface area (Å²) in [5.41, 5.74) is 2.57. The van der Waals surface area contributed by atoms with Crippen molar-refractivity contribution in [2.45, 2.75) is 19.9 Å². The van der Waals surface area contributed by atoms with Crippen LogP contribution in [0.4, 0.5) is 0 Å². The third-order valence-corrected chi connectivity index (χ3v) is 6.68. The molecule has 3 aliphatic rings. The Morgan fingerprint density at radius 2 is 2.03 bits per heavy atom. The van der Waals surface area contributed by atoms with Crippen LogP contribution in [-0.2, 0) is 11.3 Å². The number of morpholine rings is 1. The molecular weight excluding hydrogens is 400 g/mol. The van der Waals surface area contributed by atoms with Gasteiger partial charge in [-0.15, -0.1) is 11.3 Å². The summed E-state index contributed by atoms with van der Waals surface area (Å²) in [6, 6.07) is 5.94. The molecule has 2 aromatic rings. The van der Waals surface area contributed by atoms with Crippen LogP contribution in [-0.4, -0.2) is 61.7 Å². The zero-order valence-corrected chi connectivity index (χ0v) is 18.0. The van der Waals surface area contributed by atoms with Crippen molar-refractivity contribution < 1.29 is 19.0 Å². The number of carbonyl (C=O) groups excluding carboxylic acids is 1. The highest BCUT2D eigenvalue weighted by molar-refractivity contribution is 7.10. The standard InChI is InChI=1S/C23H26N2O4S/c1-16-12-19-18(14-25(15-28-19)6-3-5-24-7-9-27-10-8-24)23-21(16)22(26)20(29-23)13-17-4-2-11-30-17/h2,4,11-13H,3,5-10,14-15H2,1H3/b20-13-. The second kappa shape index (κ2) is 8.51. The predicted octanol–water partition coefficient (Wildman–Crippen LogP) is 3.55. The number of hydrogen-bond acceptors (Lipinski definition) is 7. The maximum absolute atomic E-state index is 13.0. The number of ether oxygens (including phenoxy) is 3. The molecule has 6 nitrogen and oxygen atoms in total. The molecule has 0 spiro atoms. The number of thiophene rings is 1. The molecule has 0 atom stereocenters. The van der Waals surface area contributed by atoms with E-state index in [4.69, 9.17) is 14.2 Å². The molecule has 7 heteroatoms. The molecule has 1 saturated heterocycles. The summed E-state index contributed by atoms with van der Waals surface area (Å²) in [5, 5.41) is 1.99. The quantitative estimate of drug-likeness (QED) is 0.682. The lowest BCUT2D eigenvalue weighted by Gasteiger charge is -2.31. The molecule has 1 aromatic heterocycles. The predicted molar refractivity (Wildman–Crippen MR) is 116 cm³/mol. The first-order chi connectivity index (χ1) is 14.7. The molecule has 0 radical (unpaired) electrons. The lowest BCUT2D eigenvalue weighted by Crippen LogP contribution is -2.39. The molecule has 0 amide bonds. The maximum atomic E-state index is 13.0. The first kappa shape index (κ1) is 19.8. The average molecular weight is 427 g/mol. The van der Waals surface area contributed by atoms with Gasteiger partial charge in [-0.3, -0.25) is 14.6 Å². The Bertz CT molecular complexity index is 964. The number of carbonyl (C=O) groups is 1. The van der Waals surface area contributed by atoms with E-state index >= 15 is 0 Å². The number of fused-ring (bicyclic) bond motifs is 3. The normalized spacial score (nSPS) is 20.7. The van der Waals surface area contributed by atoms with Gasteiger partial charge in [-0.25, -0.2) is 0 Å². The SMILES string of the molecule is Cc1cc2c(c3c1C(=O)/C(=C/c1cccs1)O3)CN(CCCN1CCOCC1)CO2. The van der Waals surface area contributed by atoms with Gasteiger partial charge >= 0.3 is 0 Å². The number of nitrogens with zero attached hydrogens (tertiary/aromatic N) is 2. The minimum absolute atomic E-state index is 0.0388. The molecule has 0 aliphatic carbocycles. The van der Waals surface area contributed by atoms with Crippen LogP contribution < -0.4 is 9.47 Å². The lowest BCUT2D eigenvalue weighted by molar-refractivity contribution is 0.0329. The highest BCUT2D eigenvalue weighted by atomic mass is 32.1. The number of benzene rings is 1. The highest BCUT2D eigenvalue weighted by Gasteiger charge is 2.35. The fourth-order valence-corrected chi connectivity index (χ4v) is 4.91. The molecule has 0 bridgehead atoms. The molecule has 1 aromatic carbocycles. The smallest absolute Gasteiger partial charge is 0.232 e. The first-order valence-electron chi connectivity index (χ1n) is 10.5. The van der Waals surface area contributed by atoms with Crippen molar-refractivity contribution in [3.05, 3.63) is 50.9 Å². The number of allylic oxidation sites excluding steroid dienone is 1. The number of ketones is 1. The fraction of sp³-hybridized carbons (Fsp3) is 0.435. The Hall–Kier alpha value is -2.19. The van der Waals surface area contributed by atoms with Gasteiger partial charge in [-0.05, 0) is 43.0 Å². The van der Waals surface area contributed by atoms with Gasteiger partial charge in [-0.1, -0.05) is 6.07 Å². The number of Topliss-reactive ketones (excluding diaryl/α,β-unsaturated/α-hetero) is 1.